The molecule has 0 saturated heterocycles. The molecule has 18 heavy (non-hydrogen) atoms. The van der Waals surface area contributed by atoms with E-state index in [1.54, 1.807) is 12.3 Å². The maximum Gasteiger partial charge on any atom is 0.124 e. The Labute approximate surface area is 109 Å². The van der Waals surface area contributed by atoms with Crippen LogP contribution in [0.5, 0.6) is 0 Å². The summed E-state index contributed by atoms with van der Waals surface area (Å²) in [5, 5.41) is 10.8. The number of aromatic nitrogens is 2. The molecule has 94 valence electrons. The molecule has 1 aromatic heterocycles. The number of H-pyrrole nitrogens is 1. The van der Waals surface area contributed by atoms with Crippen molar-refractivity contribution >= 4 is 11.6 Å². The first-order chi connectivity index (χ1) is 8.74. The summed E-state index contributed by atoms with van der Waals surface area (Å²) in [5.74, 6) is -0.332. The fraction of sp³-hybridized carbons (Fsp3) is 0.308. The number of nitrogens with zero attached hydrogens (tertiary/aromatic N) is 1. The van der Waals surface area contributed by atoms with Crippen molar-refractivity contribution in [1.82, 2.24) is 15.5 Å². The van der Waals surface area contributed by atoms with Crippen molar-refractivity contribution in [2.75, 3.05) is 0 Å². The quantitative estimate of drug-likeness (QED) is 0.892. The summed E-state index contributed by atoms with van der Waals surface area (Å²) in [5.41, 5.74) is 2.69. The van der Waals surface area contributed by atoms with E-state index in [0.29, 0.717) is 11.1 Å². The van der Waals surface area contributed by atoms with Gasteiger partial charge in [-0.05, 0) is 31.0 Å². The minimum atomic E-state index is -0.332. The monoisotopic (exact) mass is 265 g/mol. The van der Waals surface area contributed by atoms with Crippen molar-refractivity contribution in [3.8, 4) is 11.3 Å². The summed E-state index contributed by atoms with van der Waals surface area (Å²) in [6, 6.07) is 5.03. The molecule has 5 heteroatoms. The molecule has 2 N–H and O–H groups in total. The first kappa shape index (κ1) is 11.7. The van der Waals surface area contributed by atoms with E-state index in [0.717, 1.165) is 23.4 Å². The van der Waals surface area contributed by atoms with Gasteiger partial charge in [-0.15, -0.1) is 0 Å². The summed E-state index contributed by atoms with van der Waals surface area (Å²) >= 11 is 6.06. The number of aromatic amines is 1. The lowest BCUT2D eigenvalue weighted by Gasteiger charge is -2.06. The third-order valence-corrected chi connectivity index (χ3v) is 3.39. The SMILES string of the molecule is Fc1ccc(-c2[nH]ncc2CNC2CC2)c(Cl)c1. The van der Waals surface area contributed by atoms with E-state index in [-0.39, 0.29) is 5.82 Å². The third-order valence-electron chi connectivity index (χ3n) is 3.08. The van der Waals surface area contributed by atoms with E-state index in [1.165, 1.54) is 25.0 Å². The van der Waals surface area contributed by atoms with Crippen LogP contribution in [0, 0.1) is 5.82 Å². The highest BCUT2D eigenvalue weighted by molar-refractivity contribution is 6.33. The average Bonchev–Trinajstić information content (AvgIpc) is 3.06. The number of benzene rings is 1. The van der Waals surface area contributed by atoms with Gasteiger partial charge >= 0.3 is 0 Å². The van der Waals surface area contributed by atoms with Gasteiger partial charge in [-0.1, -0.05) is 11.6 Å². The fourth-order valence-corrected chi connectivity index (χ4v) is 2.17. The Morgan fingerprint density at radius 2 is 2.28 bits per heavy atom. The molecule has 1 aliphatic rings. The number of nitrogens with one attached hydrogen (secondary N) is 2. The maximum atomic E-state index is 13.0. The Kier molecular flexibility index (Phi) is 3.06. The van der Waals surface area contributed by atoms with Crippen LogP contribution >= 0.6 is 11.6 Å². The average molecular weight is 266 g/mol. The lowest BCUT2D eigenvalue weighted by Crippen LogP contribution is -2.15. The lowest BCUT2D eigenvalue weighted by atomic mass is 10.1. The van der Waals surface area contributed by atoms with Crippen molar-refractivity contribution < 1.29 is 4.39 Å². The zero-order valence-electron chi connectivity index (χ0n) is 9.71. The van der Waals surface area contributed by atoms with Gasteiger partial charge < -0.3 is 5.32 Å². The first-order valence-corrected chi connectivity index (χ1v) is 6.33. The highest BCUT2D eigenvalue weighted by Gasteiger charge is 2.21. The second kappa shape index (κ2) is 4.71. The van der Waals surface area contributed by atoms with E-state index in [9.17, 15) is 4.39 Å². The van der Waals surface area contributed by atoms with Crippen LogP contribution in [0.2, 0.25) is 5.02 Å². The Hall–Kier alpha value is -1.39. The highest BCUT2D eigenvalue weighted by Crippen LogP contribution is 2.30. The number of rotatable bonds is 4. The smallest absolute Gasteiger partial charge is 0.124 e. The van der Waals surface area contributed by atoms with Crippen LogP contribution in [0.25, 0.3) is 11.3 Å². The van der Waals surface area contributed by atoms with Gasteiger partial charge in [0.2, 0.25) is 0 Å². The molecule has 0 amide bonds. The lowest BCUT2D eigenvalue weighted by molar-refractivity contribution is 0.628. The van der Waals surface area contributed by atoms with E-state index in [4.69, 9.17) is 11.6 Å². The van der Waals surface area contributed by atoms with Gasteiger partial charge in [0.05, 0.1) is 16.9 Å². The zero-order chi connectivity index (χ0) is 12.5. The van der Waals surface area contributed by atoms with E-state index in [2.05, 4.69) is 15.5 Å². The molecule has 1 aliphatic carbocycles. The summed E-state index contributed by atoms with van der Waals surface area (Å²) in [6.45, 7) is 0.754. The molecule has 1 saturated carbocycles. The largest absolute Gasteiger partial charge is 0.310 e. The van der Waals surface area contributed by atoms with Gasteiger partial charge in [0.25, 0.3) is 0 Å². The third kappa shape index (κ3) is 2.40. The van der Waals surface area contributed by atoms with Crippen LogP contribution in [0.15, 0.2) is 24.4 Å². The standard InChI is InChI=1S/C13H13ClFN3/c14-12-5-9(15)1-4-11(12)13-8(7-17-18-13)6-16-10-2-3-10/h1,4-5,7,10,16H,2-3,6H2,(H,17,18). The molecule has 0 bridgehead atoms. The normalized spacial score (nSPS) is 15.0. The predicted octanol–water partition coefficient (Wildman–Crippen LogP) is 3.12. The minimum absolute atomic E-state index is 0.332. The maximum absolute atomic E-state index is 13.0. The van der Waals surface area contributed by atoms with E-state index < -0.39 is 0 Å². The van der Waals surface area contributed by atoms with E-state index in [1.807, 2.05) is 0 Å². The molecule has 1 fully saturated rings. The Morgan fingerprint density at radius 1 is 1.44 bits per heavy atom. The topological polar surface area (TPSA) is 40.7 Å². The molecule has 0 spiro atoms. The molecule has 1 heterocycles. The first-order valence-electron chi connectivity index (χ1n) is 5.95. The van der Waals surface area contributed by atoms with E-state index >= 15 is 0 Å². The van der Waals surface area contributed by atoms with Gasteiger partial charge in [-0.25, -0.2) is 4.39 Å². The van der Waals surface area contributed by atoms with Gasteiger partial charge in [-0.2, -0.15) is 5.10 Å². The molecule has 1 aromatic carbocycles. The molecule has 0 aliphatic heterocycles. The molecular formula is C13H13ClFN3. The Bertz CT molecular complexity index is 563. The molecule has 0 atom stereocenters. The fourth-order valence-electron chi connectivity index (χ4n) is 1.91. The van der Waals surface area contributed by atoms with Crippen molar-refractivity contribution in [2.24, 2.45) is 0 Å². The number of halogens is 2. The Balaban J connectivity index is 1.88. The van der Waals surface area contributed by atoms with Gasteiger partial charge in [0.15, 0.2) is 0 Å². The molecule has 0 radical (unpaired) electrons. The summed E-state index contributed by atoms with van der Waals surface area (Å²) in [7, 11) is 0. The van der Waals surface area contributed by atoms with Crippen molar-refractivity contribution in [3.05, 3.63) is 40.8 Å². The summed E-state index contributed by atoms with van der Waals surface area (Å²) < 4.78 is 13.0. The summed E-state index contributed by atoms with van der Waals surface area (Å²) in [6.07, 6.45) is 4.26. The van der Waals surface area contributed by atoms with Crippen LogP contribution in [-0.2, 0) is 6.54 Å². The Morgan fingerprint density at radius 3 is 3.00 bits per heavy atom. The van der Waals surface area contributed by atoms with Crippen LogP contribution < -0.4 is 5.32 Å². The molecule has 2 aromatic rings. The zero-order valence-corrected chi connectivity index (χ0v) is 10.5. The second-order valence-electron chi connectivity index (χ2n) is 4.55. The van der Waals surface area contributed by atoms with Crippen LogP contribution in [-0.4, -0.2) is 16.2 Å². The molecule has 3 rings (SSSR count). The van der Waals surface area contributed by atoms with Crippen molar-refractivity contribution in [1.29, 1.82) is 0 Å². The van der Waals surface area contributed by atoms with Crippen LogP contribution in [0.3, 0.4) is 0 Å². The molecule has 3 nitrogen and oxygen atoms in total. The van der Waals surface area contributed by atoms with Gasteiger partial charge in [0.1, 0.15) is 5.82 Å². The number of hydrogen-bond acceptors (Lipinski definition) is 2. The minimum Gasteiger partial charge on any atom is -0.310 e. The second-order valence-corrected chi connectivity index (χ2v) is 4.96. The highest BCUT2D eigenvalue weighted by atomic mass is 35.5. The van der Waals surface area contributed by atoms with Crippen molar-refractivity contribution in [2.45, 2.75) is 25.4 Å². The summed E-state index contributed by atoms with van der Waals surface area (Å²) in [4.78, 5) is 0. The number of hydrogen-bond donors (Lipinski definition) is 2. The van der Waals surface area contributed by atoms with Gasteiger partial charge in [0, 0.05) is 23.7 Å². The predicted molar refractivity (Wildman–Crippen MR) is 68.9 cm³/mol. The van der Waals surface area contributed by atoms with Crippen LogP contribution in [0.4, 0.5) is 4.39 Å². The van der Waals surface area contributed by atoms with Crippen molar-refractivity contribution in [3.63, 3.8) is 0 Å². The molecular weight excluding hydrogens is 253 g/mol. The molecule has 0 unspecified atom stereocenters. The van der Waals surface area contributed by atoms with Gasteiger partial charge in [-0.3, -0.25) is 5.10 Å². The van der Waals surface area contributed by atoms with Crippen LogP contribution in [0.1, 0.15) is 18.4 Å².